The number of aryl methyl sites for hydroxylation is 1. The van der Waals surface area contributed by atoms with E-state index in [-0.39, 0.29) is 12.5 Å². The van der Waals surface area contributed by atoms with E-state index >= 15 is 0 Å². The molecule has 1 aliphatic carbocycles. The molecule has 126 valence electrons. The SMILES string of the molecule is Cc1nc(COc2ccccc2C(=O)N2C[C@H]3CCC[C@H]3C2)no1. The van der Waals surface area contributed by atoms with Crippen molar-refractivity contribution in [2.24, 2.45) is 11.8 Å². The average molecular weight is 327 g/mol. The minimum Gasteiger partial charge on any atom is -0.485 e. The van der Waals surface area contributed by atoms with Crippen LogP contribution in [0.2, 0.25) is 0 Å². The Morgan fingerprint density at radius 3 is 2.75 bits per heavy atom. The number of carbonyl (C=O) groups is 1. The molecule has 1 saturated heterocycles. The van der Waals surface area contributed by atoms with E-state index in [1.807, 2.05) is 29.2 Å². The number of benzene rings is 1. The zero-order chi connectivity index (χ0) is 16.5. The van der Waals surface area contributed by atoms with E-state index in [9.17, 15) is 4.79 Å². The Morgan fingerprint density at radius 1 is 1.29 bits per heavy atom. The first-order valence-corrected chi connectivity index (χ1v) is 8.51. The maximum Gasteiger partial charge on any atom is 0.257 e. The predicted octanol–water partition coefficient (Wildman–Crippen LogP) is 2.83. The van der Waals surface area contributed by atoms with E-state index in [0.29, 0.717) is 34.9 Å². The Balaban J connectivity index is 1.47. The van der Waals surface area contributed by atoms with Crippen LogP contribution in [0.3, 0.4) is 0 Å². The van der Waals surface area contributed by atoms with Gasteiger partial charge in [-0.3, -0.25) is 4.79 Å². The van der Waals surface area contributed by atoms with Gasteiger partial charge >= 0.3 is 0 Å². The number of aromatic nitrogens is 2. The number of hydrogen-bond acceptors (Lipinski definition) is 5. The van der Waals surface area contributed by atoms with Gasteiger partial charge in [0.2, 0.25) is 11.7 Å². The molecule has 0 N–H and O–H groups in total. The maximum absolute atomic E-state index is 12.9. The van der Waals surface area contributed by atoms with Gasteiger partial charge in [0.1, 0.15) is 5.75 Å². The molecule has 2 heterocycles. The van der Waals surface area contributed by atoms with Crippen molar-refractivity contribution in [2.75, 3.05) is 13.1 Å². The Hall–Kier alpha value is -2.37. The third kappa shape index (κ3) is 2.88. The molecule has 1 aromatic heterocycles. The highest BCUT2D eigenvalue weighted by Crippen LogP contribution is 2.38. The fourth-order valence-corrected chi connectivity index (χ4v) is 3.88. The zero-order valence-corrected chi connectivity index (χ0v) is 13.8. The third-order valence-electron chi connectivity index (χ3n) is 5.06. The first kappa shape index (κ1) is 15.2. The highest BCUT2D eigenvalue weighted by Gasteiger charge is 2.38. The van der Waals surface area contributed by atoms with E-state index in [2.05, 4.69) is 10.1 Å². The van der Waals surface area contributed by atoms with Crippen LogP contribution < -0.4 is 4.74 Å². The van der Waals surface area contributed by atoms with Gasteiger partial charge in [-0.25, -0.2) is 0 Å². The van der Waals surface area contributed by atoms with Crippen molar-refractivity contribution in [3.63, 3.8) is 0 Å². The smallest absolute Gasteiger partial charge is 0.257 e. The number of para-hydroxylation sites is 1. The van der Waals surface area contributed by atoms with Crippen molar-refractivity contribution in [1.29, 1.82) is 0 Å². The van der Waals surface area contributed by atoms with Crippen LogP contribution >= 0.6 is 0 Å². The monoisotopic (exact) mass is 327 g/mol. The second kappa shape index (κ2) is 6.26. The maximum atomic E-state index is 12.9. The molecule has 0 bridgehead atoms. The molecule has 1 amide bonds. The summed E-state index contributed by atoms with van der Waals surface area (Å²) < 4.78 is 10.7. The fourth-order valence-electron chi connectivity index (χ4n) is 3.88. The average Bonchev–Trinajstić information content (AvgIpc) is 3.28. The summed E-state index contributed by atoms with van der Waals surface area (Å²) in [5.41, 5.74) is 0.609. The number of likely N-dealkylation sites (tertiary alicyclic amines) is 1. The van der Waals surface area contributed by atoms with Gasteiger partial charge in [0, 0.05) is 20.0 Å². The first-order chi connectivity index (χ1) is 11.7. The quantitative estimate of drug-likeness (QED) is 0.864. The van der Waals surface area contributed by atoms with Crippen molar-refractivity contribution < 1.29 is 14.1 Å². The predicted molar refractivity (Wildman–Crippen MR) is 86.5 cm³/mol. The molecular formula is C18H21N3O3. The topological polar surface area (TPSA) is 68.5 Å². The summed E-state index contributed by atoms with van der Waals surface area (Å²) in [6, 6.07) is 7.38. The molecule has 6 heteroatoms. The number of amides is 1. The second-order valence-corrected chi connectivity index (χ2v) is 6.68. The molecular weight excluding hydrogens is 306 g/mol. The summed E-state index contributed by atoms with van der Waals surface area (Å²) in [6.45, 7) is 3.68. The standard InChI is InChI=1S/C18H21N3O3/c1-12-19-17(20-24-12)11-23-16-8-3-2-7-15(16)18(22)21-9-13-5-4-6-14(13)10-21/h2-3,7-8,13-14H,4-6,9-11H2,1H3/t13-,14+. The Morgan fingerprint density at radius 2 is 2.04 bits per heavy atom. The van der Waals surface area contributed by atoms with Crippen LogP contribution in [0.4, 0.5) is 0 Å². The van der Waals surface area contributed by atoms with E-state index in [1.54, 1.807) is 6.92 Å². The summed E-state index contributed by atoms with van der Waals surface area (Å²) in [7, 11) is 0. The van der Waals surface area contributed by atoms with Crippen LogP contribution in [-0.2, 0) is 6.61 Å². The van der Waals surface area contributed by atoms with Crippen molar-refractivity contribution in [3.05, 3.63) is 41.5 Å². The minimum absolute atomic E-state index is 0.0595. The van der Waals surface area contributed by atoms with Gasteiger partial charge in [-0.05, 0) is 36.8 Å². The molecule has 1 aromatic carbocycles. The molecule has 2 fully saturated rings. The number of hydrogen-bond donors (Lipinski definition) is 0. The molecule has 2 aliphatic rings. The van der Waals surface area contributed by atoms with Crippen molar-refractivity contribution in [3.8, 4) is 5.75 Å². The summed E-state index contributed by atoms with van der Waals surface area (Å²) >= 11 is 0. The number of rotatable bonds is 4. The largest absolute Gasteiger partial charge is 0.485 e. The molecule has 2 aromatic rings. The van der Waals surface area contributed by atoms with Gasteiger partial charge in [-0.2, -0.15) is 4.98 Å². The molecule has 4 rings (SSSR count). The lowest BCUT2D eigenvalue weighted by atomic mass is 10.0. The van der Waals surface area contributed by atoms with Gasteiger partial charge < -0.3 is 14.2 Å². The van der Waals surface area contributed by atoms with E-state index in [0.717, 1.165) is 13.1 Å². The zero-order valence-electron chi connectivity index (χ0n) is 13.8. The Kier molecular flexibility index (Phi) is 3.96. The normalized spacial score (nSPS) is 22.6. The first-order valence-electron chi connectivity index (χ1n) is 8.51. The lowest BCUT2D eigenvalue weighted by molar-refractivity contribution is 0.0775. The van der Waals surface area contributed by atoms with E-state index in [4.69, 9.17) is 9.26 Å². The second-order valence-electron chi connectivity index (χ2n) is 6.68. The van der Waals surface area contributed by atoms with E-state index < -0.39 is 0 Å². The van der Waals surface area contributed by atoms with Gasteiger partial charge in [-0.1, -0.05) is 23.7 Å². The van der Waals surface area contributed by atoms with Gasteiger partial charge in [0.05, 0.1) is 5.56 Å². The molecule has 1 saturated carbocycles. The number of fused-ring (bicyclic) bond motifs is 1. The van der Waals surface area contributed by atoms with Crippen LogP contribution in [-0.4, -0.2) is 34.0 Å². The fraction of sp³-hybridized carbons (Fsp3) is 0.500. The van der Waals surface area contributed by atoms with Crippen LogP contribution in [0.5, 0.6) is 5.75 Å². The molecule has 1 aliphatic heterocycles. The lowest BCUT2D eigenvalue weighted by Gasteiger charge is -2.19. The Bertz CT molecular complexity index is 731. The van der Waals surface area contributed by atoms with Crippen molar-refractivity contribution in [2.45, 2.75) is 32.8 Å². The number of nitrogens with zero attached hydrogens (tertiary/aromatic N) is 3. The minimum atomic E-state index is 0.0595. The molecule has 0 spiro atoms. The molecule has 0 unspecified atom stereocenters. The summed E-state index contributed by atoms with van der Waals surface area (Å²) in [6.07, 6.45) is 3.81. The lowest BCUT2D eigenvalue weighted by Crippen LogP contribution is -2.29. The molecule has 24 heavy (non-hydrogen) atoms. The summed E-state index contributed by atoms with van der Waals surface area (Å²) in [5, 5.41) is 3.81. The Labute approximate surface area is 140 Å². The molecule has 2 atom stereocenters. The molecule has 6 nitrogen and oxygen atoms in total. The summed E-state index contributed by atoms with van der Waals surface area (Å²) in [5.74, 6) is 2.98. The van der Waals surface area contributed by atoms with Crippen LogP contribution in [0.1, 0.15) is 41.3 Å². The van der Waals surface area contributed by atoms with Gasteiger partial charge in [-0.15, -0.1) is 0 Å². The van der Waals surface area contributed by atoms with E-state index in [1.165, 1.54) is 19.3 Å². The van der Waals surface area contributed by atoms with Crippen molar-refractivity contribution in [1.82, 2.24) is 15.0 Å². The summed E-state index contributed by atoms with van der Waals surface area (Å²) in [4.78, 5) is 19.0. The van der Waals surface area contributed by atoms with Gasteiger partial charge in [0.25, 0.3) is 5.91 Å². The molecule has 0 radical (unpaired) electrons. The highest BCUT2D eigenvalue weighted by atomic mass is 16.5. The van der Waals surface area contributed by atoms with Crippen LogP contribution in [0.25, 0.3) is 0 Å². The number of carbonyl (C=O) groups excluding carboxylic acids is 1. The highest BCUT2D eigenvalue weighted by molar-refractivity contribution is 5.97. The van der Waals surface area contributed by atoms with Gasteiger partial charge in [0.15, 0.2) is 6.61 Å². The number of ether oxygens (including phenoxy) is 1. The van der Waals surface area contributed by atoms with Crippen LogP contribution in [0.15, 0.2) is 28.8 Å². The van der Waals surface area contributed by atoms with Crippen molar-refractivity contribution >= 4 is 5.91 Å². The third-order valence-corrected chi connectivity index (χ3v) is 5.06. The van der Waals surface area contributed by atoms with Crippen LogP contribution in [0, 0.1) is 18.8 Å².